The van der Waals surface area contributed by atoms with E-state index < -0.39 is 0 Å². The largest absolute Gasteiger partial charge is 0.494 e. The zero-order chi connectivity index (χ0) is 21.2. The number of aromatic nitrogens is 2. The van der Waals surface area contributed by atoms with Crippen molar-refractivity contribution in [3.63, 3.8) is 0 Å². The van der Waals surface area contributed by atoms with E-state index >= 15 is 0 Å². The van der Waals surface area contributed by atoms with Crippen LogP contribution in [-0.4, -0.2) is 34.1 Å². The number of aliphatic imine (C=N–C) groups is 1. The Labute approximate surface area is 177 Å². The van der Waals surface area contributed by atoms with E-state index in [4.69, 9.17) is 9.47 Å². The van der Waals surface area contributed by atoms with Gasteiger partial charge in [-0.1, -0.05) is 24.3 Å². The summed E-state index contributed by atoms with van der Waals surface area (Å²) < 4.78 is 12.6. The first-order chi connectivity index (χ1) is 15.2. The lowest BCUT2D eigenvalue weighted by molar-refractivity contribution is 0.297. The lowest BCUT2D eigenvalue weighted by Crippen LogP contribution is -2.20. The van der Waals surface area contributed by atoms with Crippen molar-refractivity contribution in [1.82, 2.24) is 9.55 Å². The van der Waals surface area contributed by atoms with Crippen molar-refractivity contribution < 1.29 is 14.6 Å². The first-order valence-electron chi connectivity index (χ1n) is 9.94. The zero-order valence-electron chi connectivity index (χ0n) is 16.6. The van der Waals surface area contributed by atoms with Gasteiger partial charge in [0.15, 0.2) is 11.5 Å². The van der Waals surface area contributed by atoms with Gasteiger partial charge in [-0.3, -0.25) is 9.79 Å². The van der Waals surface area contributed by atoms with Crippen molar-refractivity contribution in [3.8, 4) is 23.2 Å². The summed E-state index contributed by atoms with van der Waals surface area (Å²) in [4.78, 5) is 21.8. The van der Waals surface area contributed by atoms with Crippen LogP contribution in [0.2, 0.25) is 0 Å². The predicted molar refractivity (Wildman–Crippen MR) is 118 cm³/mol. The first kappa shape index (κ1) is 18.9. The first-order valence-corrected chi connectivity index (χ1v) is 9.94. The Morgan fingerprint density at radius 3 is 2.55 bits per heavy atom. The number of fused-ring (bicyclic) bond motifs is 2. The highest BCUT2D eigenvalue weighted by Gasteiger charge is 2.17. The van der Waals surface area contributed by atoms with Crippen LogP contribution in [0.4, 0.5) is 5.69 Å². The molecule has 0 amide bonds. The van der Waals surface area contributed by atoms with Crippen LogP contribution in [0.15, 0.2) is 76.6 Å². The molecule has 2 aromatic heterocycles. The number of rotatable bonds is 3. The van der Waals surface area contributed by atoms with Crippen molar-refractivity contribution in [2.75, 3.05) is 13.2 Å². The number of ether oxygens (including phenoxy) is 2. The number of pyridine rings is 2. The molecule has 0 saturated carbocycles. The average Bonchev–Trinajstić information content (AvgIpc) is 3.05. The summed E-state index contributed by atoms with van der Waals surface area (Å²) in [5, 5.41) is 12.1. The van der Waals surface area contributed by atoms with Crippen LogP contribution >= 0.6 is 0 Å². The second-order valence-corrected chi connectivity index (χ2v) is 7.05. The molecule has 4 aromatic rings. The lowest BCUT2D eigenvalue weighted by Gasteiger charge is -2.13. The van der Waals surface area contributed by atoms with Crippen LogP contribution in [0.3, 0.4) is 0 Å². The van der Waals surface area contributed by atoms with Gasteiger partial charge in [0.25, 0.3) is 5.56 Å². The molecular formula is C24H19N3O4. The average molecular weight is 413 g/mol. The molecule has 1 aliphatic rings. The Morgan fingerprint density at radius 2 is 1.74 bits per heavy atom. The van der Waals surface area contributed by atoms with Crippen LogP contribution in [-0.2, 0) is 0 Å². The highest BCUT2D eigenvalue weighted by atomic mass is 16.5. The van der Waals surface area contributed by atoms with Crippen LogP contribution in [0.1, 0.15) is 12.0 Å². The van der Waals surface area contributed by atoms with Crippen LogP contribution < -0.4 is 15.0 Å². The van der Waals surface area contributed by atoms with Gasteiger partial charge in [0.05, 0.1) is 24.5 Å². The Kier molecular flexibility index (Phi) is 4.84. The van der Waals surface area contributed by atoms with Crippen LogP contribution in [0.5, 0.6) is 17.4 Å². The van der Waals surface area contributed by atoms with Crippen LogP contribution in [0.25, 0.3) is 16.6 Å². The minimum absolute atomic E-state index is 0.222. The molecular weight excluding hydrogens is 394 g/mol. The van der Waals surface area contributed by atoms with Gasteiger partial charge >= 0.3 is 0 Å². The summed E-state index contributed by atoms with van der Waals surface area (Å²) in [5.41, 5.74) is 0.718. The molecule has 5 rings (SSSR count). The summed E-state index contributed by atoms with van der Waals surface area (Å²) in [5.74, 6) is 1.44. The van der Waals surface area contributed by atoms with Gasteiger partial charge in [-0.25, -0.2) is 9.55 Å². The minimum Gasteiger partial charge on any atom is -0.494 e. The molecule has 0 unspecified atom stereocenters. The molecule has 0 bridgehead atoms. The molecule has 1 aliphatic heterocycles. The maximum atomic E-state index is 13.1. The SMILES string of the molecule is O=c1c2ccccc2c(C=Nc2ccc3c(c2)OCCCO3)c(O)n1-c1ccccn1. The smallest absolute Gasteiger partial charge is 0.267 e. The molecule has 0 radical (unpaired) electrons. The highest BCUT2D eigenvalue weighted by molar-refractivity contribution is 6.02. The van der Waals surface area contributed by atoms with Gasteiger partial charge in [-0.15, -0.1) is 0 Å². The maximum Gasteiger partial charge on any atom is 0.267 e. The molecule has 154 valence electrons. The van der Waals surface area contributed by atoms with Crippen molar-refractivity contribution >= 4 is 22.7 Å². The number of hydrogen-bond donors (Lipinski definition) is 1. The molecule has 1 N–H and O–H groups in total. The van der Waals surface area contributed by atoms with Crippen molar-refractivity contribution in [2.24, 2.45) is 4.99 Å². The number of nitrogens with zero attached hydrogens (tertiary/aromatic N) is 3. The van der Waals surface area contributed by atoms with E-state index in [-0.39, 0.29) is 11.4 Å². The standard InChI is InChI=1S/C24H19N3O4/c28-23-18-7-2-1-6-17(18)19(24(29)27(23)22-8-3-4-11-25-22)15-26-16-9-10-20-21(14-16)31-13-5-12-30-20/h1-4,6-11,14-15,29H,5,12-13H2. The summed E-state index contributed by atoms with van der Waals surface area (Å²) >= 11 is 0. The summed E-state index contributed by atoms with van der Waals surface area (Å²) in [6.45, 7) is 1.20. The fraction of sp³-hybridized carbons (Fsp3) is 0.125. The molecule has 0 atom stereocenters. The summed E-state index contributed by atoms with van der Waals surface area (Å²) in [7, 11) is 0. The molecule has 7 heteroatoms. The lowest BCUT2D eigenvalue weighted by atomic mass is 10.1. The number of aromatic hydroxyl groups is 1. The monoisotopic (exact) mass is 413 g/mol. The molecule has 0 saturated heterocycles. The topological polar surface area (TPSA) is 85.9 Å². The third kappa shape index (κ3) is 3.50. The van der Waals surface area contributed by atoms with Crippen LogP contribution in [0, 0.1) is 0 Å². The molecule has 2 aromatic carbocycles. The van der Waals surface area contributed by atoms with Gasteiger partial charge in [-0.2, -0.15) is 0 Å². The third-order valence-electron chi connectivity index (χ3n) is 5.06. The fourth-order valence-corrected chi connectivity index (χ4v) is 3.56. The summed E-state index contributed by atoms with van der Waals surface area (Å²) in [6.07, 6.45) is 3.94. The van der Waals surface area contributed by atoms with E-state index in [1.165, 1.54) is 4.57 Å². The second-order valence-electron chi connectivity index (χ2n) is 7.05. The van der Waals surface area contributed by atoms with Crippen molar-refractivity contribution in [2.45, 2.75) is 6.42 Å². The second kappa shape index (κ2) is 7.95. The Balaban J connectivity index is 1.65. The molecule has 7 nitrogen and oxygen atoms in total. The van der Waals surface area contributed by atoms with E-state index in [2.05, 4.69) is 9.98 Å². The predicted octanol–water partition coefficient (Wildman–Crippen LogP) is 4.00. The molecule has 3 heterocycles. The third-order valence-corrected chi connectivity index (χ3v) is 5.06. The van der Waals surface area contributed by atoms with E-state index in [1.807, 2.05) is 18.2 Å². The Morgan fingerprint density at radius 1 is 0.968 bits per heavy atom. The highest BCUT2D eigenvalue weighted by Crippen LogP contribution is 2.34. The van der Waals surface area contributed by atoms with Crippen molar-refractivity contribution in [1.29, 1.82) is 0 Å². The van der Waals surface area contributed by atoms with Crippen molar-refractivity contribution in [3.05, 3.63) is 82.8 Å². The van der Waals surface area contributed by atoms with E-state index in [0.29, 0.717) is 52.6 Å². The minimum atomic E-state index is -0.348. The van der Waals surface area contributed by atoms with Gasteiger partial charge < -0.3 is 14.6 Å². The molecule has 0 aliphatic carbocycles. The van der Waals surface area contributed by atoms with Gasteiger partial charge in [0.2, 0.25) is 5.88 Å². The maximum absolute atomic E-state index is 13.1. The number of hydrogen-bond acceptors (Lipinski definition) is 6. The van der Waals surface area contributed by atoms with E-state index in [9.17, 15) is 9.90 Å². The Bertz CT molecular complexity index is 1350. The molecule has 31 heavy (non-hydrogen) atoms. The summed E-state index contributed by atoms with van der Waals surface area (Å²) in [6, 6.07) is 17.7. The van der Waals surface area contributed by atoms with E-state index in [0.717, 1.165) is 6.42 Å². The number of benzene rings is 2. The molecule has 0 fully saturated rings. The van der Waals surface area contributed by atoms with E-state index in [1.54, 1.807) is 54.9 Å². The molecule has 0 spiro atoms. The Hall–Kier alpha value is -4.13. The quantitative estimate of drug-likeness (QED) is 0.513. The fourth-order valence-electron chi connectivity index (χ4n) is 3.56. The van der Waals surface area contributed by atoms with Gasteiger partial charge in [0.1, 0.15) is 5.82 Å². The zero-order valence-corrected chi connectivity index (χ0v) is 16.6. The van der Waals surface area contributed by atoms with Gasteiger partial charge in [0, 0.05) is 35.7 Å². The normalized spacial score (nSPS) is 13.4. The van der Waals surface area contributed by atoms with Gasteiger partial charge in [-0.05, 0) is 30.3 Å².